The SMILES string of the molecule is CCc1ccc(C(=O)NC(C)CC#N)cc1. The van der Waals surface area contributed by atoms with Crippen LogP contribution < -0.4 is 5.32 Å². The second kappa shape index (κ2) is 5.92. The van der Waals surface area contributed by atoms with E-state index in [1.54, 1.807) is 0 Å². The van der Waals surface area contributed by atoms with Crippen LogP contribution in [0.4, 0.5) is 0 Å². The van der Waals surface area contributed by atoms with Gasteiger partial charge in [-0.05, 0) is 31.0 Å². The average molecular weight is 216 g/mol. The van der Waals surface area contributed by atoms with Crippen LogP contribution in [0.1, 0.15) is 36.2 Å². The number of aryl methyl sites for hydroxylation is 1. The van der Waals surface area contributed by atoms with Gasteiger partial charge < -0.3 is 5.32 Å². The molecule has 3 nitrogen and oxygen atoms in total. The highest BCUT2D eigenvalue weighted by molar-refractivity contribution is 5.94. The summed E-state index contributed by atoms with van der Waals surface area (Å²) >= 11 is 0. The number of amides is 1. The smallest absolute Gasteiger partial charge is 0.251 e. The standard InChI is InChI=1S/C13H16N2O/c1-3-11-4-6-12(7-5-11)13(16)15-10(2)8-9-14/h4-7,10H,3,8H2,1-2H3,(H,15,16). The summed E-state index contributed by atoms with van der Waals surface area (Å²) in [4.78, 5) is 11.7. The van der Waals surface area contributed by atoms with Crippen LogP contribution >= 0.6 is 0 Å². The van der Waals surface area contributed by atoms with Crippen molar-refractivity contribution in [1.82, 2.24) is 5.32 Å². The molecule has 1 aromatic rings. The molecule has 0 saturated carbocycles. The molecule has 0 fully saturated rings. The Morgan fingerprint density at radius 2 is 2.06 bits per heavy atom. The summed E-state index contributed by atoms with van der Waals surface area (Å²) in [6.07, 6.45) is 1.30. The summed E-state index contributed by atoms with van der Waals surface area (Å²) in [5, 5.41) is 11.3. The first-order valence-electron chi connectivity index (χ1n) is 5.44. The monoisotopic (exact) mass is 216 g/mol. The molecular formula is C13H16N2O. The maximum Gasteiger partial charge on any atom is 0.251 e. The predicted octanol–water partition coefficient (Wildman–Crippen LogP) is 2.28. The number of carbonyl (C=O) groups excluding carboxylic acids is 1. The van der Waals surface area contributed by atoms with Crippen LogP contribution in [0.3, 0.4) is 0 Å². The summed E-state index contributed by atoms with van der Waals surface area (Å²) in [6.45, 7) is 3.89. The molecule has 0 spiro atoms. The Bertz CT molecular complexity index is 389. The molecule has 0 aliphatic rings. The number of benzene rings is 1. The first-order chi connectivity index (χ1) is 7.67. The normalized spacial score (nSPS) is 11.6. The molecule has 1 atom stereocenters. The molecule has 0 aliphatic heterocycles. The Morgan fingerprint density at radius 3 is 2.56 bits per heavy atom. The van der Waals surface area contributed by atoms with Gasteiger partial charge >= 0.3 is 0 Å². The minimum atomic E-state index is -0.120. The number of hydrogen-bond donors (Lipinski definition) is 1. The van der Waals surface area contributed by atoms with Gasteiger partial charge in [0.25, 0.3) is 5.91 Å². The van der Waals surface area contributed by atoms with Crippen molar-refractivity contribution in [3.63, 3.8) is 0 Å². The lowest BCUT2D eigenvalue weighted by molar-refractivity contribution is 0.0941. The van der Waals surface area contributed by atoms with E-state index in [0.717, 1.165) is 6.42 Å². The van der Waals surface area contributed by atoms with Crippen molar-refractivity contribution < 1.29 is 4.79 Å². The van der Waals surface area contributed by atoms with Crippen LogP contribution in [-0.4, -0.2) is 11.9 Å². The lowest BCUT2D eigenvalue weighted by atomic mass is 10.1. The summed E-state index contributed by atoms with van der Waals surface area (Å²) < 4.78 is 0. The quantitative estimate of drug-likeness (QED) is 0.839. The van der Waals surface area contributed by atoms with Gasteiger partial charge in [0.1, 0.15) is 0 Å². The Morgan fingerprint density at radius 1 is 1.44 bits per heavy atom. The number of nitriles is 1. The Hall–Kier alpha value is -1.82. The van der Waals surface area contributed by atoms with Crippen LogP contribution in [-0.2, 0) is 6.42 Å². The minimum absolute atomic E-state index is 0.108. The topological polar surface area (TPSA) is 52.9 Å². The largest absolute Gasteiger partial charge is 0.349 e. The van der Waals surface area contributed by atoms with Crippen molar-refractivity contribution >= 4 is 5.91 Å². The fraction of sp³-hybridized carbons (Fsp3) is 0.385. The maximum absolute atomic E-state index is 11.7. The zero-order chi connectivity index (χ0) is 12.0. The molecule has 84 valence electrons. The zero-order valence-corrected chi connectivity index (χ0v) is 9.66. The van der Waals surface area contributed by atoms with Crippen molar-refractivity contribution in [2.24, 2.45) is 0 Å². The minimum Gasteiger partial charge on any atom is -0.349 e. The maximum atomic E-state index is 11.7. The molecule has 1 amide bonds. The molecule has 16 heavy (non-hydrogen) atoms. The zero-order valence-electron chi connectivity index (χ0n) is 9.66. The second-order valence-electron chi connectivity index (χ2n) is 3.79. The second-order valence-corrected chi connectivity index (χ2v) is 3.79. The van der Waals surface area contributed by atoms with Gasteiger partial charge in [-0.2, -0.15) is 5.26 Å². The van der Waals surface area contributed by atoms with Crippen molar-refractivity contribution in [3.05, 3.63) is 35.4 Å². The molecule has 0 heterocycles. The molecule has 1 rings (SSSR count). The molecule has 3 heteroatoms. The van der Waals surface area contributed by atoms with E-state index in [0.29, 0.717) is 12.0 Å². The molecule has 1 aromatic carbocycles. The van der Waals surface area contributed by atoms with E-state index in [4.69, 9.17) is 5.26 Å². The van der Waals surface area contributed by atoms with Gasteiger partial charge in [-0.3, -0.25) is 4.79 Å². The third-order valence-corrected chi connectivity index (χ3v) is 2.40. The van der Waals surface area contributed by atoms with Crippen LogP contribution in [0.15, 0.2) is 24.3 Å². The molecular weight excluding hydrogens is 200 g/mol. The van der Waals surface area contributed by atoms with E-state index in [-0.39, 0.29) is 11.9 Å². The molecule has 0 aliphatic carbocycles. The van der Waals surface area contributed by atoms with Crippen molar-refractivity contribution in [2.45, 2.75) is 32.7 Å². The van der Waals surface area contributed by atoms with Crippen LogP contribution in [0, 0.1) is 11.3 Å². The van der Waals surface area contributed by atoms with E-state index in [2.05, 4.69) is 12.2 Å². The molecule has 0 saturated heterocycles. The lowest BCUT2D eigenvalue weighted by Crippen LogP contribution is -2.32. The van der Waals surface area contributed by atoms with Crippen LogP contribution in [0.2, 0.25) is 0 Å². The predicted molar refractivity (Wildman–Crippen MR) is 63.0 cm³/mol. The highest BCUT2D eigenvalue weighted by Gasteiger charge is 2.08. The van der Waals surface area contributed by atoms with E-state index < -0.39 is 0 Å². The fourth-order valence-electron chi connectivity index (χ4n) is 1.39. The van der Waals surface area contributed by atoms with Gasteiger partial charge in [0.05, 0.1) is 12.5 Å². The highest BCUT2D eigenvalue weighted by atomic mass is 16.1. The molecule has 1 unspecified atom stereocenters. The Kier molecular flexibility index (Phi) is 4.53. The lowest BCUT2D eigenvalue weighted by Gasteiger charge is -2.10. The highest BCUT2D eigenvalue weighted by Crippen LogP contribution is 2.05. The first-order valence-corrected chi connectivity index (χ1v) is 5.44. The van der Waals surface area contributed by atoms with Gasteiger partial charge in [0.2, 0.25) is 0 Å². The van der Waals surface area contributed by atoms with Gasteiger partial charge in [-0.1, -0.05) is 19.1 Å². The first kappa shape index (κ1) is 12.3. The van der Waals surface area contributed by atoms with Gasteiger partial charge in [-0.15, -0.1) is 0 Å². The number of hydrogen-bond acceptors (Lipinski definition) is 2. The Balaban J connectivity index is 2.63. The van der Waals surface area contributed by atoms with E-state index >= 15 is 0 Å². The number of nitrogens with one attached hydrogen (secondary N) is 1. The van der Waals surface area contributed by atoms with E-state index in [9.17, 15) is 4.79 Å². The fourth-order valence-corrected chi connectivity index (χ4v) is 1.39. The number of nitrogens with zero attached hydrogens (tertiary/aromatic N) is 1. The van der Waals surface area contributed by atoms with Crippen molar-refractivity contribution in [1.29, 1.82) is 5.26 Å². The summed E-state index contributed by atoms with van der Waals surface area (Å²) in [6, 6.07) is 9.44. The summed E-state index contributed by atoms with van der Waals surface area (Å²) in [7, 11) is 0. The van der Waals surface area contributed by atoms with E-state index in [1.165, 1.54) is 5.56 Å². The summed E-state index contributed by atoms with van der Waals surface area (Å²) in [5.74, 6) is -0.120. The van der Waals surface area contributed by atoms with Crippen molar-refractivity contribution in [2.75, 3.05) is 0 Å². The number of rotatable bonds is 4. The molecule has 0 bridgehead atoms. The van der Waals surface area contributed by atoms with Crippen molar-refractivity contribution in [3.8, 4) is 6.07 Å². The average Bonchev–Trinajstić information content (AvgIpc) is 2.29. The Labute approximate surface area is 96.1 Å². The molecule has 0 aromatic heterocycles. The van der Waals surface area contributed by atoms with Crippen LogP contribution in [0.5, 0.6) is 0 Å². The summed E-state index contributed by atoms with van der Waals surface area (Å²) in [5.41, 5.74) is 1.85. The third kappa shape index (κ3) is 3.39. The van der Waals surface area contributed by atoms with Crippen LogP contribution in [0.25, 0.3) is 0 Å². The van der Waals surface area contributed by atoms with Gasteiger partial charge in [0, 0.05) is 11.6 Å². The number of carbonyl (C=O) groups is 1. The molecule has 1 N–H and O–H groups in total. The molecule has 0 radical (unpaired) electrons. The van der Waals surface area contributed by atoms with Gasteiger partial charge in [0.15, 0.2) is 0 Å². The third-order valence-electron chi connectivity index (χ3n) is 2.40. The van der Waals surface area contributed by atoms with Gasteiger partial charge in [-0.25, -0.2) is 0 Å². The van der Waals surface area contributed by atoms with E-state index in [1.807, 2.05) is 37.3 Å².